The highest BCUT2D eigenvalue weighted by Gasteiger charge is 2.13. The van der Waals surface area contributed by atoms with Gasteiger partial charge in [0.05, 0.1) is 6.10 Å². The minimum atomic E-state index is -0.341. The van der Waals surface area contributed by atoms with Crippen molar-refractivity contribution in [3.05, 3.63) is 28.7 Å². The van der Waals surface area contributed by atoms with Gasteiger partial charge in [0, 0.05) is 0 Å². The maximum Gasteiger partial charge on any atom is 0.293 e. The maximum atomic E-state index is 11.9. The minimum Gasteiger partial charge on any atom is -0.453 e. The van der Waals surface area contributed by atoms with Gasteiger partial charge in [-0.2, -0.15) is 0 Å². The zero-order chi connectivity index (χ0) is 13.8. The lowest BCUT2D eigenvalue weighted by Gasteiger charge is -2.04. The number of ether oxygens (including phenoxy) is 1. The Hall–Kier alpha value is -1.73. The zero-order valence-electron chi connectivity index (χ0n) is 11.0. The number of furan rings is 1. The fraction of sp³-hybridized carbons (Fsp3) is 0.417. The number of carbonyl (C=O) groups is 1. The second-order valence-electron chi connectivity index (χ2n) is 4.21. The van der Waals surface area contributed by atoms with Crippen molar-refractivity contribution < 1.29 is 13.9 Å². The first-order chi connectivity index (χ1) is 9.04. The van der Waals surface area contributed by atoms with Gasteiger partial charge in [0.15, 0.2) is 5.76 Å². The third-order valence-corrected chi connectivity index (χ3v) is 2.94. The standard InChI is InChI=1S/C12H15N3O3S/c1-7(2)17-6-9-4-5-10(18-9)11(16)13-12-15-14-8(3)19-12/h4-5,7H,6H2,1-3H3,(H,13,15,16). The summed E-state index contributed by atoms with van der Waals surface area (Å²) in [4.78, 5) is 11.9. The average Bonchev–Trinajstić information content (AvgIpc) is 2.95. The smallest absolute Gasteiger partial charge is 0.293 e. The van der Waals surface area contributed by atoms with Gasteiger partial charge in [-0.15, -0.1) is 10.2 Å². The van der Waals surface area contributed by atoms with Crippen LogP contribution in [0.3, 0.4) is 0 Å². The van der Waals surface area contributed by atoms with Gasteiger partial charge in [-0.25, -0.2) is 0 Å². The molecule has 2 heterocycles. The van der Waals surface area contributed by atoms with Crippen LogP contribution in [0.15, 0.2) is 16.5 Å². The van der Waals surface area contributed by atoms with Crippen molar-refractivity contribution in [1.29, 1.82) is 0 Å². The fourth-order valence-corrected chi connectivity index (χ4v) is 1.92. The number of hydrogen-bond acceptors (Lipinski definition) is 6. The van der Waals surface area contributed by atoms with Crippen LogP contribution in [0.4, 0.5) is 5.13 Å². The van der Waals surface area contributed by atoms with E-state index in [0.717, 1.165) is 5.01 Å². The fourth-order valence-electron chi connectivity index (χ4n) is 1.33. The molecule has 2 aromatic rings. The van der Waals surface area contributed by atoms with Crippen molar-refractivity contribution in [3.8, 4) is 0 Å². The number of aryl methyl sites for hydroxylation is 1. The highest BCUT2D eigenvalue weighted by Crippen LogP contribution is 2.16. The number of carbonyl (C=O) groups excluding carboxylic acids is 1. The maximum absolute atomic E-state index is 11.9. The van der Waals surface area contributed by atoms with Crippen LogP contribution < -0.4 is 5.32 Å². The molecule has 0 aliphatic heterocycles. The van der Waals surface area contributed by atoms with E-state index in [1.165, 1.54) is 11.3 Å². The number of nitrogens with zero attached hydrogens (tertiary/aromatic N) is 2. The van der Waals surface area contributed by atoms with Gasteiger partial charge in [-0.1, -0.05) is 11.3 Å². The summed E-state index contributed by atoms with van der Waals surface area (Å²) >= 11 is 1.31. The lowest BCUT2D eigenvalue weighted by atomic mass is 10.4. The van der Waals surface area contributed by atoms with Crippen LogP contribution in [0.1, 0.15) is 35.2 Å². The molecule has 1 amide bonds. The molecular formula is C12H15N3O3S. The summed E-state index contributed by atoms with van der Waals surface area (Å²) in [6.07, 6.45) is 0.117. The predicted octanol–water partition coefficient (Wildman–Crippen LogP) is 2.62. The molecule has 0 saturated heterocycles. The third-order valence-electron chi connectivity index (χ3n) is 2.19. The van der Waals surface area contributed by atoms with Crippen LogP contribution in [0, 0.1) is 6.92 Å². The minimum absolute atomic E-state index is 0.117. The topological polar surface area (TPSA) is 77.2 Å². The normalized spacial score (nSPS) is 10.9. The van der Waals surface area contributed by atoms with Gasteiger partial charge in [-0.3, -0.25) is 10.1 Å². The quantitative estimate of drug-likeness (QED) is 0.911. The summed E-state index contributed by atoms with van der Waals surface area (Å²) in [6.45, 7) is 6.05. The van der Waals surface area contributed by atoms with Crippen LogP contribution in [0.2, 0.25) is 0 Å². The number of nitrogens with one attached hydrogen (secondary N) is 1. The molecule has 0 radical (unpaired) electrons. The Morgan fingerprint density at radius 3 is 2.89 bits per heavy atom. The van der Waals surface area contributed by atoms with E-state index in [2.05, 4.69) is 15.5 Å². The van der Waals surface area contributed by atoms with Gasteiger partial charge >= 0.3 is 0 Å². The van der Waals surface area contributed by atoms with Crippen molar-refractivity contribution in [2.24, 2.45) is 0 Å². The predicted molar refractivity (Wildman–Crippen MR) is 71.2 cm³/mol. The van der Waals surface area contributed by atoms with Crippen LogP contribution in [-0.4, -0.2) is 22.2 Å². The molecule has 0 aromatic carbocycles. The highest BCUT2D eigenvalue weighted by molar-refractivity contribution is 7.15. The second-order valence-corrected chi connectivity index (χ2v) is 5.39. The Balaban J connectivity index is 1.96. The lowest BCUT2D eigenvalue weighted by molar-refractivity contribution is 0.0537. The first-order valence-electron chi connectivity index (χ1n) is 5.86. The largest absolute Gasteiger partial charge is 0.453 e. The van der Waals surface area contributed by atoms with Crippen LogP contribution >= 0.6 is 11.3 Å². The van der Waals surface area contributed by atoms with Crippen molar-refractivity contribution >= 4 is 22.4 Å². The monoisotopic (exact) mass is 281 g/mol. The van der Waals surface area contributed by atoms with E-state index in [1.807, 2.05) is 20.8 Å². The molecule has 0 spiro atoms. The molecule has 0 fully saturated rings. The summed E-state index contributed by atoms with van der Waals surface area (Å²) in [5.41, 5.74) is 0. The Morgan fingerprint density at radius 2 is 2.26 bits per heavy atom. The molecular weight excluding hydrogens is 266 g/mol. The molecule has 0 saturated carbocycles. The summed E-state index contributed by atoms with van der Waals surface area (Å²) in [6, 6.07) is 3.34. The van der Waals surface area contributed by atoms with Crippen LogP contribution in [0.5, 0.6) is 0 Å². The number of rotatable bonds is 5. The summed E-state index contributed by atoms with van der Waals surface area (Å²) < 4.78 is 10.8. The molecule has 0 bridgehead atoms. The number of hydrogen-bond donors (Lipinski definition) is 1. The van der Waals surface area contributed by atoms with Gasteiger partial charge in [-0.05, 0) is 32.9 Å². The van der Waals surface area contributed by atoms with Crippen molar-refractivity contribution in [2.45, 2.75) is 33.5 Å². The molecule has 0 atom stereocenters. The summed E-state index contributed by atoms with van der Waals surface area (Å²) in [5, 5.41) is 11.5. The van der Waals surface area contributed by atoms with E-state index in [9.17, 15) is 4.79 Å². The van der Waals surface area contributed by atoms with E-state index < -0.39 is 0 Å². The molecule has 102 valence electrons. The average molecular weight is 281 g/mol. The summed E-state index contributed by atoms with van der Waals surface area (Å²) in [7, 11) is 0. The summed E-state index contributed by atoms with van der Waals surface area (Å²) in [5.74, 6) is 0.509. The van der Waals surface area contributed by atoms with Crippen molar-refractivity contribution in [3.63, 3.8) is 0 Å². The highest BCUT2D eigenvalue weighted by atomic mass is 32.1. The molecule has 0 unspecified atom stereocenters. The van der Waals surface area contributed by atoms with Crippen LogP contribution in [-0.2, 0) is 11.3 Å². The molecule has 0 aliphatic carbocycles. The van der Waals surface area contributed by atoms with E-state index in [4.69, 9.17) is 9.15 Å². The molecule has 2 aromatic heterocycles. The van der Waals surface area contributed by atoms with Crippen LogP contribution in [0.25, 0.3) is 0 Å². The van der Waals surface area contributed by atoms with E-state index in [-0.39, 0.29) is 17.8 Å². The van der Waals surface area contributed by atoms with Gasteiger partial charge in [0.25, 0.3) is 5.91 Å². The van der Waals surface area contributed by atoms with Crippen molar-refractivity contribution in [1.82, 2.24) is 10.2 Å². The molecule has 6 nitrogen and oxygen atoms in total. The zero-order valence-corrected chi connectivity index (χ0v) is 11.8. The molecule has 1 N–H and O–H groups in total. The molecule has 7 heteroatoms. The van der Waals surface area contributed by atoms with E-state index in [1.54, 1.807) is 12.1 Å². The number of amides is 1. The number of anilines is 1. The SMILES string of the molecule is Cc1nnc(NC(=O)c2ccc(COC(C)C)o2)s1. The Morgan fingerprint density at radius 1 is 1.47 bits per heavy atom. The lowest BCUT2D eigenvalue weighted by Crippen LogP contribution is -2.10. The first-order valence-corrected chi connectivity index (χ1v) is 6.68. The second kappa shape index (κ2) is 5.94. The van der Waals surface area contributed by atoms with Crippen molar-refractivity contribution in [2.75, 3.05) is 5.32 Å². The van der Waals surface area contributed by atoms with Gasteiger partial charge in [0.2, 0.25) is 5.13 Å². The molecule has 19 heavy (non-hydrogen) atoms. The Bertz CT molecular complexity index is 562. The first kappa shape index (κ1) is 13.7. The third kappa shape index (κ3) is 3.87. The van der Waals surface area contributed by atoms with Gasteiger partial charge in [0.1, 0.15) is 17.4 Å². The Kier molecular flexibility index (Phi) is 4.28. The van der Waals surface area contributed by atoms with E-state index in [0.29, 0.717) is 17.5 Å². The molecule has 2 rings (SSSR count). The van der Waals surface area contributed by atoms with Gasteiger partial charge < -0.3 is 9.15 Å². The van der Waals surface area contributed by atoms with E-state index >= 15 is 0 Å². The molecule has 0 aliphatic rings. The Labute approximate surface area is 114 Å². The number of aromatic nitrogens is 2.